The number of aryl methyl sites for hydroxylation is 1. The van der Waals surface area contributed by atoms with E-state index >= 15 is 0 Å². The zero-order valence-corrected chi connectivity index (χ0v) is 13.4. The summed E-state index contributed by atoms with van der Waals surface area (Å²) in [4.78, 5) is 23.6. The first-order chi connectivity index (χ1) is 10.7. The highest BCUT2D eigenvalue weighted by Crippen LogP contribution is 2.25. The van der Waals surface area contributed by atoms with Crippen LogP contribution in [0.3, 0.4) is 0 Å². The maximum atomic E-state index is 12.2. The normalized spacial score (nSPS) is 21.2. The molecule has 9 heteroatoms. The quantitative estimate of drug-likeness (QED) is 0.641. The second kappa shape index (κ2) is 6.55. The van der Waals surface area contributed by atoms with Crippen LogP contribution >= 0.6 is 0 Å². The molecule has 2 rings (SSSR count). The zero-order chi connectivity index (χ0) is 17.2. The summed E-state index contributed by atoms with van der Waals surface area (Å²) >= 11 is 0. The van der Waals surface area contributed by atoms with Crippen LogP contribution in [0.15, 0.2) is 29.2 Å². The van der Waals surface area contributed by atoms with Gasteiger partial charge in [0.15, 0.2) is 0 Å². The van der Waals surface area contributed by atoms with E-state index in [0.717, 1.165) is 17.6 Å². The molecule has 0 aromatic heterocycles. The molecule has 0 bridgehead atoms. The van der Waals surface area contributed by atoms with Crippen molar-refractivity contribution < 1.29 is 32.0 Å². The number of likely N-dealkylation sites (tertiary alicyclic amines) is 1. The SMILES string of the molecule is COC(=O)C1CC(OS(=O)(=O)c2ccc(C)cc2)CN1C(=O)O. The van der Waals surface area contributed by atoms with Gasteiger partial charge in [-0.05, 0) is 19.1 Å². The van der Waals surface area contributed by atoms with Gasteiger partial charge in [-0.15, -0.1) is 0 Å². The number of amides is 1. The predicted octanol–water partition coefficient (Wildman–Crippen LogP) is 0.994. The van der Waals surface area contributed by atoms with Crippen molar-refractivity contribution >= 4 is 22.2 Å². The third-order valence-corrected chi connectivity index (χ3v) is 4.93. The monoisotopic (exact) mass is 343 g/mol. The van der Waals surface area contributed by atoms with Gasteiger partial charge < -0.3 is 9.84 Å². The van der Waals surface area contributed by atoms with Gasteiger partial charge in [0.05, 0.1) is 24.7 Å². The van der Waals surface area contributed by atoms with Crippen LogP contribution in [0.25, 0.3) is 0 Å². The van der Waals surface area contributed by atoms with Gasteiger partial charge in [0.2, 0.25) is 0 Å². The number of carbonyl (C=O) groups excluding carboxylic acids is 1. The second-order valence-electron chi connectivity index (χ2n) is 5.20. The average molecular weight is 343 g/mol. The summed E-state index contributed by atoms with van der Waals surface area (Å²) in [6.07, 6.45) is -2.36. The summed E-state index contributed by atoms with van der Waals surface area (Å²) in [6, 6.07) is 5.01. The van der Waals surface area contributed by atoms with Crippen molar-refractivity contribution in [2.75, 3.05) is 13.7 Å². The first-order valence-electron chi connectivity index (χ1n) is 6.82. The lowest BCUT2D eigenvalue weighted by Gasteiger charge is -2.18. The van der Waals surface area contributed by atoms with E-state index in [9.17, 15) is 18.0 Å². The van der Waals surface area contributed by atoms with Crippen LogP contribution in [0.4, 0.5) is 4.79 Å². The molecule has 1 aliphatic rings. The topological polar surface area (TPSA) is 110 Å². The average Bonchev–Trinajstić information content (AvgIpc) is 2.90. The first kappa shape index (κ1) is 17.2. The van der Waals surface area contributed by atoms with Crippen LogP contribution in [0.5, 0.6) is 0 Å². The maximum absolute atomic E-state index is 12.2. The van der Waals surface area contributed by atoms with Gasteiger partial charge in [-0.3, -0.25) is 9.08 Å². The molecule has 1 aromatic rings. The molecule has 1 amide bonds. The van der Waals surface area contributed by atoms with Crippen LogP contribution in [-0.2, 0) is 23.8 Å². The minimum Gasteiger partial charge on any atom is -0.467 e. The molecule has 1 heterocycles. The molecule has 0 saturated carbocycles. The van der Waals surface area contributed by atoms with Crippen LogP contribution in [0, 0.1) is 6.92 Å². The lowest BCUT2D eigenvalue weighted by Crippen LogP contribution is -2.40. The summed E-state index contributed by atoms with van der Waals surface area (Å²) in [5, 5.41) is 9.10. The van der Waals surface area contributed by atoms with E-state index in [1.54, 1.807) is 12.1 Å². The van der Waals surface area contributed by atoms with Gasteiger partial charge in [0, 0.05) is 6.42 Å². The van der Waals surface area contributed by atoms with Crippen molar-refractivity contribution in [2.24, 2.45) is 0 Å². The molecule has 1 aromatic carbocycles. The Balaban J connectivity index is 2.15. The second-order valence-corrected chi connectivity index (χ2v) is 6.77. The number of nitrogens with zero attached hydrogens (tertiary/aromatic N) is 1. The zero-order valence-electron chi connectivity index (χ0n) is 12.6. The molecule has 0 radical (unpaired) electrons. The van der Waals surface area contributed by atoms with Gasteiger partial charge in [-0.2, -0.15) is 8.42 Å². The van der Waals surface area contributed by atoms with Gasteiger partial charge in [-0.25, -0.2) is 9.59 Å². The standard InChI is InChI=1S/C14H17NO7S/c1-9-3-5-11(6-4-9)23(19,20)22-10-7-12(13(16)21-2)15(8-10)14(17)18/h3-6,10,12H,7-8H2,1-2H3,(H,17,18). The van der Waals surface area contributed by atoms with E-state index in [2.05, 4.69) is 4.74 Å². The fourth-order valence-electron chi connectivity index (χ4n) is 2.38. The maximum Gasteiger partial charge on any atom is 0.408 e. The smallest absolute Gasteiger partial charge is 0.408 e. The number of rotatable bonds is 4. The van der Waals surface area contributed by atoms with Crippen LogP contribution in [0.2, 0.25) is 0 Å². The summed E-state index contributed by atoms with van der Waals surface area (Å²) in [5.74, 6) is -0.744. The number of carboxylic acid groups (broad SMARTS) is 1. The number of esters is 1. The lowest BCUT2D eigenvalue weighted by atomic mass is 10.2. The Morgan fingerprint density at radius 1 is 1.26 bits per heavy atom. The van der Waals surface area contributed by atoms with Gasteiger partial charge >= 0.3 is 12.1 Å². The molecule has 2 unspecified atom stereocenters. The van der Waals surface area contributed by atoms with Crippen LogP contribution in [0.1, 0.15) is 12.0 Å². The van der Waals surface area contributed by atoms with Crippen LogP contribution in [-0.4, -0.2) is 56.3 Å². The van der Waals surface area contributed by atoms with Crippen LogP contribution < -0.4 is 0 Å². The molecule has 23 heavy (non-hydrogen) atoms. The molecule has 0 aliphatic carbocycles. The number of hydrogen-bond donors (Lipinski definition) is 1. The largest absolute Gasteiger partial charge is 0.467 e. The molecule has 1 fully saturated rings. The summed E-state index contributed by atoms with van der Waals surface area (Å²) < 4.78 is 34.1. The fourth-order valence-corrected chi connectivity index (χ4v) is 3.46. The van der Waals surface area contributed by atoms with E-state index in [0.29, 0.717) is 0 Å². The molecule has 2 atom stereocenters. The Kier molecular flexibility index (Phi) is 4.90. The van der Waals surface area contributed by atoms with Crippen molar-refractivity contribution in [3.8, 4) is 0 Å². The van der Waals surface area contributed by atoms with E-state index in [-0.39, 0.29) is 17.9 Å². The third-order valence-electron chi connectivity index (χ3n) is 3.55. The third kappa shape index (κ3) is 3.80. The molecular formula is C14H17NO7S. The number of hydrogen-bond acceptors (Lipinski definition) is 6. The molecule has 1 aliphatic heterocycles. The minimum atomic E-state index is -4.04. The lowest BCUT2D eigenvalue weighted by molar-refractivity contribution is -0.145. The van der Waals surface area contributed by atoms with Crippen molar-refractivity contribution in [2.45, 2.75) is 30.4 Å². The van der Waals surface area contributed by atoms with E-state index in [4.69, 9.17) is 9.29 Å². The van der Waals surface area contributed by atoms with Crippen molar-refractivity contribution in [1.29, 1.82) is 0 Å². The number of methoxy groups -OCH3 is 1. The van der Waals surface area contributed by atoms with E-state index in [1.807, 2.05) is 6.92 Å². The Morgan fingerprint density at radius 2 is 1.87 bits per heavy atom. The Hall–Kier alpha value is -2.13. The summed E-state index contributed by atoms with van der Waals surface area (Å²) in [7, 11) is -2.90. The Labute approximate surface area is 133 Å². The first-order valence-corrected chi connectivity index (χ1v) is 8.23. The molecular weight excluding hydrogens is 326 g/mol. The van der Waals surface area contributed by atoms with Gasteiger partial charge in [0.25, 0.3) is 10.1 Å². The summed E-state index contributed by atoms with van der Waals surface area (Å²) in [6.45, 7) is 1.60. The molecule has 0 spiro atoms. The fraction of sp³-hybridized carbons (Fsp3) is 0.429. The number of ether oxygens (including phenoxy) is 1. The highest BCUT2D eigenvalue weighted by Gasteiger charge is 2.42. The van der Waals surface area contributed by atoms with Gasteiger partial charge in [0.1, 0.15) is 6.04 Å². The number of benzene rings is 1. The molecule has 1 N–H and O–H groups in total. The molecule has 8 nitrogen and oxygen atoms in total. The molecule has 126 valence electrons. The van der Waals surface area contributed by atoms with E-state index < -0.39 is 34.3 Å². The predicted molar refractivity (Wildman–Crippen MR) is 78.4 cm³/mol. The van der Waals surface area contributed by atoms with E-state index in [1.165, 1.54) is 12.1 Å². The Bertz CT molecular complexity index is 698. The van der Waals surface area contributed by atoms with Gasteiger partial charge in [-0.1, -0.05) is 17.7 Å². The highest BCUT2D eigenvalue weighted by molar-refractivity contribution is 7.86. The minimum absolute atomic E-state index is 0.0218. The highest BCUT2D eigenvalue weighted by atomic mass is 32.2. The van der Waals surface area contributed by atoms with Crippen molar-refractivity contribution in [3.63, 3.8) is 0 Å². The Morgan fingerprint density at radius 3 is 2.39 bits per heavy atom. The molecule has 1 saturated heterocycles. The van der Waals surface area contributed by atoms with Crippen molar-refractivity contribution in [3.05, 3.63) is 29.8 Å². The van der Waals surface area contributed by atoms with Crippen molar-refractivity contribution in [1.82, 2.24) is 4.90 Å². The summed E-state index contributed by atoms with van der Waals surface area (Å²) in [5.41, 5.74) is 0.896. The number of carbonyl (C=O) groups is 2.